The number of nitrogens with zero attached hydrogens (tertiary/aromatic N) is 2. The zero-order chi connectivity index (χ0) is 13.2. The van der Waals surface area contributed by atoms with E-state index in [0.29, 0.717) is 18.2 Å². The van der Waals surface area contributed by atoms with Crippen LogP contribution in [0, 0.1) is 0 Å². The van der Waals surface area contributed by atoms with Crippen molar-refractivity contribution in [2.45, 2.75) is 25.4 Å². The molecular weight excluding hydrogens is 324 g/mol. The highest BCUT2D eigenvalue weighted by molar-refractivity contribution is 9.10. The molecule has 1 aliphatic carbocycles. The van der Waals surface area contributed by atoms with Crippen molar-refractivity contribution in [1.82, 2.24) is 9.88 Å². The monoisotopic (exact) mass is 336 g/mol. The number of amides is 1. The summed E-state index contributed by atoms with van der Waals surface area (Å²) in [7, 11) is 0. The number of halogens is 1. The fourth-order valence-electron chi connectivity index (χ4n) is 1.99. The molecule has 0 unspecified atom stereocenters. The predicted octanol–water partition coefficient (Wildman–Crippen LogP) is 3.71. The molecule has 0 atom stereocenters. The molecule has 0 saturated heterocycles. The van der Waals surface area contributed by atoms with Crippen LogP contribution in [0.2, 0.25) is 0 Å². The zero-order valence-electron chi connectivity index (χ0n) is 10.3. The highest BCUT2D eigenvalue weighted by Gasteiger charge is 2.33. The Bertz CT molecular complexity index is 564. The molecule has 0 bridgehead atoms. The van der Waals surface area contributed by atoms with E-state index >= 15 is 0 Å². The molecule has 3 rings (SSSR count). The van der Waals surface area contributed by atoms with Gasteiger partial charge in [0.25, 0.3) is 5.91 Å². The fourth-order valence-corrected chi connectivity index (χ4v) is 2.93. The Balaban J connectivity index is 1.79. The highest BCUT2D eigenvalue weighted by atomic mass is 79.9. The van der Waals surface area contributed by atoms with Crippen LogP contribution in [0.1, 0.15) is 28.1 Å². The molecule has 1 saturated carbocycles. The summed E-state index contributed by atoms with van der Waals surface area (Å²) in [6.07, 6.45) is 3.86. The molecule has 0 N–H and O–H groups in total. The number of carbonyl (C=O) groups is 1. The third kappa shape index (κ3) is 3.04. The summed E-state index contributed by atoms with van der Waals surface area (Å²) in [4.78, 5) is 19.9. The van der Waals surface area contributed by atoms with Crippen molar-refractivity contribution >= 4 is 33.2 Å². The van der Waals surface area contributed by atoms with Crippen molar-refractivity contribution in [3.05, 3.63) is 50.9 Å². The highest BCUT2D eigenvalue weighted by Crippen LogP contribution is 2.30. The molecule has 1 amide bonds. The van der Waals surface area contributed by atoms with Crippen LogP contribution < -0.4 is 0 Å². The quantitative estimate of drug-likeness (QED) is 0.797. The molecule has 5 heteroatoms. The lowest BCUT2D eigenvalue weighted by molar-refractivity contribution is 0.0731. The predicted molar refractivity (Wildman–Crippen MR) is 79.2 cm³/mol. The third-order valence-electron chi connectivity index (χ3n) is 3.13. The number of pyridine rings is 1. The van der Waals surface area contributed by atoms with Crippen LogP contribution in [0.25, 0.3) is 0 Å². The summed E-state index contributed by atoms with van der Waals surface area (Å²) >= 11 is 4.98. The SMILES string of the molecule is O=C(c1ccc(Br)nc1)N(Cc1cccs1)C1CC1. The maximum atomic E-state index is 12.5. The molecule has 3 nitrogen and oxygen atoms in total. The number of thiophene rings is 1. The van der Waals surface area contributed by atoms with Crippen LogP contribution in [0.15, 0.2) is 40.4 Å². The van der Waals surface area contributed by atoms with E-state index < -0.39 is 0 Å². The minimum Gasteiger partial charge on any atom is -0.330 e. The average molecular weight is 337 g/mol. The van der Waals surface area contributed by atoms with Crippen LogP contribution in [0.5, 0.6) is 0 Å². The van der Waals surface area contributed by atoms with E-state index in [1.54, 1.807) is 17.5 Å². The van der Waals surface area contributed by atoms with Gasteiger partial charge in [-0.1, -0.05) is 6.07 Å². The first-order valence-corrected chi connectivity index (χ1v) is 7.86. The topological polar surface area (TPSA) is 33.2 Å². The standard InChI is InChI=1S/C14H13BrN2OS/c15-13-6-3-10(8-16-13)14(18)17(11-4-5-11)9-12-2-1-7-19-12/h1-3,6-8,11H,4-5,9H2. The van der Waals surface area contributed by atoms with Gasteiger partial charge in [-0.3, -0.25) is 4.79 Å². The Morgan fingerprint density at radius 1 is 1.42 bits per heavy atom. The summed E-state index contributed by atoms with van der Waals surface area (Å²) in [6, 6.07) is 8.13. The summed E-state index contributed by atoms with van der Waals surface area (Å²) in [5.41, 5.74) is 0.659. The van der Waals surface area contributed by atoms with E-state index in [4.69, 9.17) is 0 Å². The minimum atomic E-state index is 0.0795. The molecule has 0 aliphatic heterocycles. The second-order valence-electron chi connectivity index (χ2n) is 4.61. The molecule has 2 aromatic rings. The molecule has 19 heavy (non-hydrogen) atoms. The smallest absolute Gasteiger partial charge is 0.255 e. The Kier molecular flexibility index (Phi) is 3.66. The van der Waals surface area contributed by atoms with Gasteiger partial charge in [0.15, 0.2) is 0 Å². The Morgan fingerprint density at radius 3 is 2.84 bits per heavy atom. The first-order chi connectivity index (χ1) is 9.24. The minimum absolute atomic E-state index is 0.0795. The summed E-state index contributed by atoms with van der Waals surface area (Å²) in [6.45, 7) is 0.706. The summed E-state index contributed by atoms with van der Waals surface area (Å²) in [5, 5.41) is 2.05. The second-order valence-corrected chi connectivity index (χ2v) is 6.46. The molecule has 0 spiro atoms. The van der Waals surface area contributed by atoms with Crippen molar-refractivity contribution in [2.24, 2.45) is 0 Å². The van der Waals surface area contributed by atoms with Crippen molar-refractivity contribution in [2.75, 3.05) is 0 Å². The van der Waals surface area contributed by atoms with Crippen LogP contribution in [0.4, 0.5) is 0 Å². The van der Waals surface area contributed by atoms with Crippen LogP contribution >= 0.6 is 27.3 Å². The zero-order valence-corrected chi connectivity index (χ0v) is 12.7. The van der Waals surface area contributed by atoms with Gasteiger partial charge in [-0.15, -0.1) is 11.3 Å². The van der Waals surface area contributed by atoms with Gasteiger partial charge in [0.1, 0.15) is 4.60 Å². The molecule has 0 aromatic carbocycles. The number of hydrogen-bond acceptors (Lipinski definition) is 3. The van der Waals surface area contributed by atoms with Gasteiger partial charge < -0.3 is 4.90 Å². The van der Waals surface area contributed by atoms with E-state index in [1.807, 2.05) is 28.5 Å². The maximum absolute atomic E-state index is 12.5. The van der Waals surface area contributed by atoms with Crippen LogP contribution in [-0.2, 0) is 6.54 Å². The van der Waals surface area contributed by atoms with E-state index in [-0.39, 0.29) is 5.91 Å². The van der Waals surface area contributed by atoms with Gasteiger partial charge in [0.2, 0.25) is 0 Å². The fraction of sp³-hybridized carbons (Fsp3) is 0.286. The van der Waals surface area contributed by atoms with Crippen LogP contribution in [0.3, 0.4) is 0 Å². The Labute approximate surface area is 124 Å². The van der Waals surface area contributed by atoms with Crippen molar-refractivity contribution in [3.63, 3.8) is 0 Å². The van der Waals surface area contributed by atoms with E-state index in [1.165, 1.54) is 4.88 Å². The molecule has 1 fully saturated rings. The molecule has 2 aromatic heterocycles. The number of aromatic nitrogens is 1. The van der Waals surface area contributed by atoms with E-state index in [2.05, 4.69) is 27.0 Å². The maximum Gasteiger partial charge on any atom is 0.255 e. The van der Waals surface area contributed by atoms with Crippen molar-refractivity contribution < 1.29 is 4.79 Å². The number of carbonyl (C=O) groups excluding carboxylic acids is 1. The summed E-state index contributed by atoms with van der Waals surface area (Å²) < 4.78 is 0.750. The number of rotatable bonds is 4. The van der Waals surface area contributed by atoms with Crippen LogP contribution in [-0.4, -0.2) is 21.8 Å². The normalized spacial score (nSPS) is 14.4. The Hall–Kier alpha value is -1.20. The lowest BCUT2D eigenvalue weighted by atomic mass is 10.2. The first kappa shape index (κ1) is 12.8. The lowest BCUT2D eigenvalue weighted by Crippen LogP contribution is -2.32. The summed E-state index contributed by atoms with van der Waals surface area (Å²) in [5.74, 6) is 0.0795. The second kappa shape index (κ2) is 5.43. The van der Waals surface area contributed by atoms with Gasteiger partial charge >= 0.3 is 0 Å². The van der Waals surface area contributed by atoms with E-state index in [0.717, 1.165) is 17.4 Å². The van der Waals surface area contributed by atoms with Crippen molar-refractivity contribution in [3.8, 4) is 0 Å². The lowest BCUT2D eigenvalue weighted by Gasteiger charge is -2.21. The first-order valence-electron chi connectivity index (χ1n) is 6.19. The average Bonchev–Trinajstić information content (AvgIpc) is 3.13. The Morgan fingerprint density at radius 2 is 2.26 bits per heavy atom. The van der Waals surface area contributed by atoms with Gasteiger partial charge in [-0.05, 0) is 52.4 Å². The molecule has 1 aliphatic rings. The van der Waals surface area contributed by atoms with E-state index in [9.17, 15) is 4.79 Å². The van der Waals surface area contributed by atoms with Gasteiger partial charge in [-0.2, -0.15) is 0 Å². The number of hydrogen-bond donors (Lipinski definition) is 0. The largest absolute Gasteiger partial charge is 0.330 e. The van der Waals surface area contributed by atoms with Gasteiger partial charge in [-0.25, -0.2) is 4.98 Å². The molecule has 2 heterocycles. The molecule has 0 radical (unpaired) electrons. The van der Waals surface area contributed by atoms with Gasteiger partial charge in [0, 0.05) is 17.1 Å². The third-order valence-corrected chi connectivity index (χ3v) is 4.46. The molecular formula is C14H13BrN2OS. The van der Waals surface area contributed by atoms with Crippen molar-refractivity contribution in [1.29, 1.82) is 0 Å². The van der Waals surface area contributed by atoms with Gasteiger partial charge in [0.05, 0.1) is 12.1 Å². The molecule has 98 valence electrons.